The van der Waals surface area contributed by atoms with Crippen LogP contribution in [-0.2, 0) is 61.9 Å². The zero-order chi connectivity index (χ0) is 55.1. The number of amides is 1. The van der Waals surface area contributed by atoms with Gasteiger partial charge in [-0.1, -0.05) is 96.9 Å². The number of hydrogen-bond donors (Lipinski definition) is 1. The monoisotopic (exact) mass is 1070 g/mol. The van der Waals surface area contributed by atoms with Crippen LogP contribution in [0.15, 0.2) is 24.3 Å². The number of nitrogens with zero attached hydrogens (tertiary/aromatic N) is 1. The van der Waals surface area contributed by atoms with Crippen LogP contribution in [0, 0.1) is 22.7 Å². The third-order valence-electron chi connectivity index (χ3n) is 15.1. The second-order valence-electron chi connectivity index (χ2n) is 21.9. The summed E-state index contributed by atoms with van der Waals surface area (Å²) in [5.74, 6) is -2.65. The largest absolute Gasteiger partial charge is 0.465 e. The van der Waals surface area contributed by atoms with Gasteiger partial charge in [-0.3, -0.25) is 28.8 Å². The number of allylic oxidation sites excluding steroid dienone is 2. The molecule has 0 radical (unpaired) electrons. The Morgan fingerprint density at radius 3 is 1.46 bits per heavy atom. The van der Waals surface area contributed by atoms with Gasteiger partial charge >= 0.3 is 41.9 Å². The van der Waals surface area contributed by atoms with Crippen LogP contribution in [0.3, 0.4) is 0 Å². The molecule has 16 nitrogen and oxygen atoms in total. The molecule has 76 heavy (non-hydrogen) atoms. The van der Waals surface area contributed by atoms with Gasteiger partial charge in [0.05, 0.1) is 19.1 Å². The average molecular weight is 1070 g/mol. The Bertz CT molecular complexity index is 1660. The SMILES string of the molecule is CCCCC/C=C\CCOC(=O)CCCCC(=O)OCC(COC(=O)CCCCC(=O)OCC/C=C\CCCCC)(COC(=O)CCC(CCCCCC)OC(=O)NCCN1CCCC1)COC(=O)C(C)C12CC(C1)C2. The summed E-state index contributed by atoms with van der Waals surface area (Å²) in [6.07, 6.45) is 29.0. The first-order valence-electron chi connectivity index (χ1n) is 29.7. The van der Waals surface area contributed by atoms with Gasteiger partial charge in [0, 0.05) is 45.2 Å². The predicted octanol–water partition coefficient (Wildman–Crippen LogP) is 11.8. The van der Waals surface area contributed by atoms with Gasteiger partial charge in [0.25, 0.3) is 0 Å². The zero-order valence-electron chi connectivity index (χ0n) is 47.5. The smallest absolute Gasteiger partial charge is 0.407 e. The molecule has 4 fully saturated rings. The molecule has 2 bridgehead atoms. The Kier molecular flexibility index (Phi) is 34.5. The number of rotatable bonds is 46. The number of nitrogens with one attached hydrogen (secondary N) is 1. The van der Waals surface area contributed by atoms with E-state index < -0.39 is 61.3 Å². The maximum absolute atomic E-state index is 13.7. The molecular formula is C60H100N2O14. The first-order valence-corrected chi connectivity index (χ1v) is 29.7. The zero-order valence-corrected chi connectivity index (χ0v) is 47.5. The number of carbonyl (C=O) groups is 7. The maximum atomic E-state index is 13.7. The first-order chi connectivity index (χ1) is 36.8. The molecule has 1 amide bonds. The van der Waals surface area contributed by atoms with Gasteiger partial charge in [0.1, 0.15) is 37.9 Å². The fraction of sp³-hybridized carbons (Fsp3) is 0.817. The summed E-state index contributed by atoms with van der Waals surface area (Å²) in [5.41, 5.74) is -1.58. The summed E-state index contributed by atoms with van der Waals surface area (Å²) in [5, 5.41) is 2.86. The summed E-state index contributed by atoms with van der Waals surface area (Å²) >= 11 is 0. The minimum atomic E-state index is -1.48. The number of hydrogen-bond acceptors (Lipinski definition) is 15. The van der Waals surface area contributed by atoms with Crippen molar-refractivity contribution in [3.8, 4) is 0 Å². The van der Waals surface area contributed by atoms with Crippen molar-refractivity contribution in [1.29, 1.82) is 0 Å². The number of esters is 6. The van der Waals surface area contributed by atoms with E-state index in [1.54, 1.807) is 0 Å². The number of ether oxygens (including phenoxy) is 7. The van der Waals surface area contributed by atoms with Crippen LogP contribution in [0.1, 0.15) is 220 Å². The number of carbonyl (C=O) groups excluding carboxylic acids is 7. The average Bonchev–Trinajstić information content (AvgIpc) is 3.92. The van der Waals surface area contributed by atoms with Gasteiger partial charge < -0.3 is 43.4 Å². The molecule has 1 aliphatic heterocycles. The topological polar surface area (TPSA) is 199 Å². The van der Waals surface area contributed by atoms with Gasteiger partial charge in [0.15, 0.2) is 0 Å². The van der Waals surface area contributed by atoms with E-state index in [1.165, 1.54) is 12.8 Å². The van der Waals surface area contributed by atoms with Crippen molar-refractivity contribution in [2.75, 3.05) is 65.8 Å². The highest BCUT2D eigenvalue weighted by atomic mass is 16.6. The van der Waals surface area contributed by atoms with E-state index in [0.717, 1.165) is 116 Å². The Morgan fingerprint density at radius 1 is 0.539 bits per heavy atom. The summed E-state index contributed by atoms with van der Waals surface area (Å²) in [6.45, 7) is 10.5. The second-order valence-corrected chi connectivity index (χ2v) is 21.9. The Morgan fingerprint density at radius 2 is 0.987 bits per heavy atom. The van der Waals surface area contributed by atoms with Gasteiger partial charge in [0.2, 0.25) is 0 Å². The van der Waals surface area contributed by atoms with Crippen molar-refractivity contribution in [3.05, 3.63) is 24.3 Å². The van der Waals surface area contributed by atoms with Crippen molar-refractivity contribution in [2.45, 2.75) is 226 Å². The lowest BCUT2D eigenvalue weighted by Crippen LogP contribution is -2.57. The van der Waals surface area contributed by atoms with E-state index in [9.17, 15) is 33.6 Å². The minimum Gasteiger partial charge on any atom is -0.465 e. The molecule has 0 spiro atoms. The molecule has 3 aliphatic carbocycles. The van der Waals surface area contributed by atoms with Crippen molar-refractivity contribution in [2.24, 2.45) is 22.7 Å². The van der Waals surface area contributed by atoms with Crippen LogP contribution in [0.5, 0.6) is 0 Å². The van der Waals surface area contributed by atoms with Crippen molar-refractivity contribution >= 4 is 41.9 Å². The Balaban J connectivity index is 1.65. The Labute approximate surface area is 456 Å². The van der Waals surface area contributed by atoms with Crippen LogP contribution in [0.25, 0.3) is 0 Å². The molecule has 2 atom stereocenters. The summed E-state index contributed by atoms with van der Waals surface area (Å²) in [7, 11) is 0. The lowest BCUT2D eigenvalue weighted by Gasteiger charge is -2.64. The highest BCUT2D eigenvalue weighted by Gasteiger charge is 2.61. The highest BCUT2D eigenvalue weighted by Crippen LogP contribution is 2.68. The minimum absolute atomic E-state index is 0.0202. The molecule has 1 heterocycles. The molecule has 2 unspecified atom stereocenters. The molecule has 4 rings (SSSR count). The van der Waals surface area contributed by atoms with Gasteiger partial charge in [-0.05, 0) is 140 Å². The molecule has 1 saturated heterocycles. The third-order valence-corrected chi connectivity index (χ3v) is 15.1. The van der Waals surface area contributed by atoms with Gasteiger partial charge in [-0.15, -0.1) is 0 Å². The lowest BCUT2D eigenvalue weighted by molar-refractivity contribution is -0.191. The summed E-state index contributed by atoms with van der Waals surface area (Å²) in [4.78, 5) is 93.9. The molecule has 434 valence electrons. The number of alkyl carbamates (subject to hydrolysis) is 1. The van der Waals surface area contributed by atoms with E-state index in [4.69, 9.17) is 33.2 Å². The molecule has 3 saturated carbocycles. The van der Waals surface area contributed by atoms with Gasteiger partial charge in [-0.2, -0.15) is 0 Å². The molecule has 0 aromatic heterocycles. The maximum Gasteiger partial charge on any atom is 0.407 e. The van der Waals surface area contributed by atoms with Crippen molar-refractivity contribution in [1.82, 2.24) is 10.2 Å². The molecule has 0 aromatic rings. The fourth-order valence-corrected chi connectivity index (χ4v) is 9.90. The lowest BCUT2D eigenvalue weighted by atomic mass is 9.40. The van der Waals surface area contributed by atoms with Crippen LogP contribution >= 0.6 is 0 Å². The van der Waals surface area contributed by atoms with E-state index in [-0.39, 0.29) is 68.4 Å². The molecule has 1 N–H and O–H groups in total. The molecular weight excluding hydrogens is 973 g/mol. The van der Waals surface area contributed by atoms with Crippen LogP contribution in [0.2, 0.25) is 0 Å². The van der Waals surface area contributed by atoms with E-state index in [2.05, 4.69) is 43.1 Å². The van der Waals surface area contributed by atoms with E-state index >= 15 is 0 Å². The van der Waals surface area contributed by atoms with Crippen molar-refractivity contribution in [3.63, 3.8) is 0 Å². The van der Waals surface area contributed by atoms with Crippen molar-refractivity contribution < 1.29 is 66.7 Å². The van der Waals surface area contributed by atoms with E-state index in [0.29, 0.717) is 70.6 Å². The molecule has 4 aliphatic rings. The first kappa shape index (κ1) is 65.8. The summed E-state index contributed by atoms with van der Waals surface area (Å²) < 4.78 is 40.0. The molecule has 16 heteroatoms. The second kappa shape index (κ2) is 39.8. The number of unbranched alkanes of at least 4 members (excludes halogenated alkanes) is 11. The fourth-order valence-electron chi connectivity index (χ4n) is 9.90. The predicted molar refractivity (Wildman–Crippen MR) is 292 cm³/mol. The normalized spacial score (nSPS) is 17.8. The number of likely N-dealkylation sites (tertiary alicyclic amines) is 1. The van der Waals surface area contributed by atoms with Gasteiger partial charge in [-0.25, -0.2) is 4.79 Å². The Hall–Kier alpha value is -4.47. The van der Waals surface area contributed by atoms with Crippen LogP contribution in [-0.4, -0.2) is 119 Å². The standard InChI is InChI=1S/C60H100N2O14/c1-5-8-11-14-16-18-27-40-70-52(63)30-21-23-32-54(65)72-45-59(48-75-57(68)49(4)60-42-50(43-60)44-60,46-73-55(66)33-24-22-31-53(64)71-41-28-19-17-15-12-9-6-2)47-74-56(67)35-34-51(29-20-13-10-7-3)76-58(69)61-36-39-62-37-25-26-38-62/h16-19,49-51H,5-15,20-48H2,1-4H3,(H,61,69)/b18-16-,19-17-. The van der Waals surface area contributed by atoms with Crippen LogP contribution < -0.4 is 5.32 Å². The summed E-state index contributed by atoms with van der Waals surface area (Å²) in [6, 6.07) is 0. The van der Waals surface area contributed by atoms with E-state index in [1.807, 2.05) is 19.1 Å². The molecule has 0 aromatic carbocycles. The van der Waals surface area contributed by atoms with Crippen LogP contribution in [0.4, 0.5) is 4.79 Å². The quantitative estimate of drug-likeness (QED) is 0.0261. The highest BCUT2D eigenvalue weighted by molar-refractivity contribution is 5.74. The third kappa shape index (κ3) is 28.8.